The molecule has 4 atom stereocenters. The lowest BCUT2D eigenvalue weighted by Gasteiger charge is -2.19. The van der Waals surface area contributed by atoms with Crippen LogP contribution in [0.2, 0.25) is 0 Å². The molecule has 0 spiro atoms. The maximum Gasteiger partial charge on any atom is 0.334 e. The number of allylic oxidation sites excluding steroid dienone is 1. The van der Waals surface area contributed by atoms with Crippen molar-refractivity contribution >= 4 is 17.9 Å². The molecule has 0 aromatic rings. The molecule has 3 rings (SSSR count). The predicted molar refractivity (Wildman–Crippen MR) is 99.0 cm³/mol. The van der Waals surface area contributed by atoms with E-state index in [9.17, 15) is 14.4 Å². The average Bonchev–Trinajstić information content (AvgIpc) is 3.34. The van der Waals surface area contributed by atoms with Gasteiger partial charge in [-0.25, -0.2) is 4.79 Å². The van der Waals surface area contributed by atoms with Gasteiger partial charge in [0, 0.05) is 24.8 Å². The van der Waals surface area contributed by atoms with Crippen molar-refractivity contribution in [3.63, 3.8) is 0 Å². The molecule has 0 unspecified atom stereocenters. The fourth-order valence-electron chi connectivity index (χ4n) is 3.41. The zero-order chi connectivity index (χ0) is 20.4. The van der Waals surface area contributed by atoms with E-state index < -0.39 is 5.97 Å². The number of hydrogen-bond donors (Lipinski definition) is 0. The Morgan fingerprint density at radius 1 is 1.29 bits per heavy atom. The van der Waals surface area contributed by atoms with Crippen molar-refractivity contribution in [2.24, 2.45) is 11.8 Å². The molecule has 28 heavy (non-hydrogen) atoms. The second kappa shape index (κ2) is 8.31. The largest absolute Gasteiger partial charge is 0.461 e. The average molecular weight is 390 g/mol. The zero-order valence-electron chi connectivity index (χ0n) is 16.4. The molecular formula is C21H26O7. The van der Waals surface area contributed by atoms with E-state index in [-0.39, 0.29) is 55.3 Å². The molecule has 0 aromatic heterocycles. The maximum atomic E-state index is 12.0. The third kappa shape index (κ3) is 4.70. The predicted octanol–water partition coefficient (Wildman–Crippen LogP) is 2.26. The summed E-state index contributed by atoms with van der Waals surface area (Å²) in [6.45, 7) is 9.04. The summed E-state index contributed by atoms with van der Waals surface area (Å²) in [4.78, 5) is 35.0. The first-order valence-corrected chi connectivity index (χ1v) is 9.50. The van der Waals surface area contributed by atoms with Gasteiger partial charge in [0.25, 0.3) is 0 Å². The topological polar surface area (TPSA) is 91.4 Å². The molecule has 0 saturated carbocycles. The Morgan fingerprint density at radius 2 is 2.04 bits per heavy atom. The van der Waals surface area contributed by atoms with Gasteiger partial charge in [-0.1, -0.05) is 32.6 Å². The SMILES string of the molecule is C=C1C(=O)O[C@H]2C/C(COC(C)=O)=C\[C@H]3O[C@H]3/C(COC(=O)C(C)C)=C/C[C@H]12. The first-order chi connectivity index (χ1) is 13.3. The van der Waals surface area contributed by atoms with Crippen LogP contribution in [0, 0.1) is 11.8 Å². The number of carbonyl (C=O) groups excluding carboxylic acids is 3. The van der Waals surface area contributed by atoms with Gasteiger partial charge in [-0.2, -0.15) is 0 Å². The van der Waals surface area contributed by atoms with Crippen molar-refractivity contribution in [3.8, 4) is 0 Å². The quantitative estimate of drug-likeness (QED) is 0.234. The van der Waals surface area contributed by atoms with Crippen LogP contribution in [0.1, 0.15) is 33.6 Å². The van der Waals surface area contributed by atoms with Crippen molar-refractivity contribution in [3.05, 3.63) is 35.5 Å². The summed E-state index contributed by atoms with van der Waals surface area (Å²) in [6, 6.07) is 0. The van der Waals surface area contributed by atoms with E-state index in [4.69, 9.17) is 18.9 Å². The van der Waals surface area contributed by atoms with E-state index in [1.165, 1.54) is 6.92 Å². The first kappa shape index (κ1) is 20.3. The standard InChI is InChI=1S/C21H26O7/c1-11(2)20(23)26-10-15-5-6-16-12(3)21(24)28-17(16)7-14(9-25-13(4)22)8-18-19(15)27-18/h5,8,11,16-19H,3,6-7,9-10H2,1-2,4H3/b14-8+,15-5+/t16-,17+,18-,19+/m1/s1. The van der Waals surface area contributed by atoms with E-state index in [1.807, 2.05) is 12.2 Å². The van der Waals surface area contributed by atoms with Gasteiger partial charge in [0.05, 0.1) is 5.92 Å². The third-order valence-electron chi connectivity index (χ3n) is 5.12. The van der Waals surface area contributed by atoms with Crippen molar-refractivity contribution < 1.29 is 33.3 Å². The molecule has 1 aliphatic carbocycles. The summed E-state index contributed by atoms with van der Waals surface area (Å²) < 4.78 is 21.8. The van der Waals surface area contributed by atoms with Gasteiger partial charge in [0.2, 0.25) is 0 Å². The summed E-state index contributed by atoms with van der Waals surface area (Å²) in [6.07, 6.45) is 4.14. The molecule has 0 bridgehead atoms. The van der Waals surface area contributed by atoms with Crippen LogP contribution < -0.4 is 0 Å². The van der Waals surface area contributed by atoms with Gasteiger partial charge in [0.15, 0.2) is 0 Å². The Kier molecular flexibility index (Phi) is 6.03. The molecule has 0 aromatic carbocycles. The highest BCUT2D eigenvalue weighted by Gasteiger charge is 2.44. The molecule has 152 valence electrons. The number of rotatable bonds is 5. The minimum Gasteiger partial charge on any atom is -0.461 e. The number of hydrogen-bond acceptors (Lipinski definition) is 7. The van der Waals surface area contributed by atoms with E-state index in [0.717, 1.165) is 11.1 Å². The molecule has 0 amide bonds. The molecule has 7 heteroatoms. The van der Waals surface area contributed by atoms with Crippen molar-refractivity contribution in [2.45, 2.75) is 51.9 Å². The zero-order valence-corrected chi connectivity index (χ0v) is 16.4. The van der Waals surface area contributed by atoms with Gasteiger partial charge in [-0.3, -0.25) is 9.59 Å². The molecular weight excluding hydrogens is 364 g/mol. The van der Waals surface area contributed by atoms with Crippen molar-refractivity contribution in [1.29, 1.82) is 0 Å². The Labute approximate surface area is 164 Å². The Bertz CT molecular complexity index is 746. The molecule has 3 aliphatic rings. The van der Waals surface area contributed by atoms with Crippen molar-refractivity contribution in [1.82, 2.24) is 0 Å². The van der Waals surface area contributed by atoms with Crippen LogP contribution in [0.4, 0.5) is 0 Å². The van der Waals surface area contributed by atoms with Crippen molar-refractivity contribution in [2.75, 3.05) is 13.2 Å². The maximum absolute atomic E-state index is 12.0. The number of ether oxygens (including phenoxy) is 4. The highest BCUT2D eigenvalue weighted by Crippen LogP contribution is 2.39. The lowest BCUT2D eigenvalue weighted by molar-refractivity contribution is -0.146. The third-order valence-corrected chi connectivity index (χ3v) is 5.12. The van der Waals surface area contributed by atoms with Gasteiger partial charge < -0.3 is 18.9 Å². The number of epoxide rings is 1. The minimum absolute atomic E-state index is 0.122. The van der Waals surface area contributed by atoms with Crippen LogP contribution in [0.3, 0.4) is 0 Å². The summed E-state index contributed by atoms with van der Waals surface area (Å²) in [5.41, 5.74) is 2.12. The lowest BCUT2D eigenvalue weighted by Crippen LogP contribution is -2.21. The molecule has 2 heterocycles. The summed E-state index contributed by atoms with van der Waals surface area (Å²) in [5.74, 6) is -1.45. The Balaban J connectivity index is 1.80. The van der Waals surface area contributed by atoms with Gasteiger partial charge in [0.1, 0.15) is 31.5 Å². The monoisotopic (exact) mass is 390 g/mol. The van der Waals surface area contributed by atoms with Crippen LogP contribution in [-0.4, -0.2) is 49.4 Å². The number of esters is 3. The fourth-order valence-corrected chi connectivity index (χ4v) is 3.41. The van der Waals surface area contributed by atoms with Crippen LogP contribution >= 0.6 is 0 Å². The molecule has 0 radical (unpaired) electrons. The molecule has 2 saturated heterocycles. The summed E-state index contributed by atoms with van der Waals surface area (Å²) in [7, 11) is 0. The van der Waals surface area contributed by atoms with Crippen LogP contribution in [0.15, 0.2) is 35.5 Å². The highest BCUT2D eigenvalue weighted by atomic mass is 16.6. The van der Waals surface area contributed by atoms with E-state index in [2.05, 4.69) is 6.58 Å². The highest BCUT2D eigenvalue weighted by molar-refractivity contribution is 5.90. The van der Waals surface area contributed by atoms with Gasteiger partial charge in [-0.15, -0.1) is 0 Å². The van der Waals surface area contributed by atoms with E-state index in [0.29, 0.717) is 18.4 Å². The van der Waals surface area contributed by atoms with E-state index >= 15 is 0 Å². The Morgan fingerprint density at radius 3 is 2.71 bits per heavy atom. The van der Waals surface area contributed by atoms with Gasteiger partial charge >= 0.3 is 17.9 Å². The summed E-state index contributed by atoms with van der Waals surface area (Å²) >= 11 is 0. The lowest BCUT2D eigenvalue weighted by atomic mass is 9.87. The smallest absolute Gasteiger partial charge is 0.334 e. The summed E-state index contributed by atoms with van der Waals surface area (Å²) in [5, 5.41) is 0. The molecule has 2 aliphatic heterocycles. The number of fused-ring (bicyclic) bond motifs is 2. The molecule has 7 nitrogen and oxygen atoms in total. The van der Waals surface area contributed by atoms with E-state index in [1.54, 1.807) is 13.8 Å². The Hall–Kier alpha value is -2.41. The molecule has 0 N–H and O–H groups in total. The molecule has 2 fully saturated rings. The second-order valence-electron chi connectivity index (χ2n) is 7.68. The minimum atomic E-state index is -0.399. The first-order valence-electron chi connectivity index (χ1n) is 9.50. The van der Waals surface area contributed by atoms with Crippen LogP contribution in [0.5, 0.6) is 0 Å². The number of carbonyl (C=O) groups is 3. The van der Waals surface area contributed by atoms with Gasteiger partial charge in [-0.05, 0) is 17.6 Å². The second-order valence-corrected chi connectivity index (χ2v) is 7.68. The van der Waals surface area contributed by atoms with Crippen LogP contribution in [0.25, 0.3) is 0 Å². The normalized spacial score (nSPS) is 32.9. The van der Waals surface area contributed by atoms with Crippen LogP contribution in [-0.2, 0) is 33.3 Å². The fraction of sp³-hybridized carbons (Fsp3) is 0.571.